The molecule has 0 saturated heterocycles. The number of rotatable bonds is 16. The van der Waals surface area contributed by atoms with Gasteiger partial charge in [-0.1, -0.05) is 84.5 Å². The van der Waals surface area contributed by atoms with E-state index in [4.69, 9.17) is 4.74 Å². The number of hydrogen-bond acceptors (Lipinski definition) is 2. The Morgan fingerprint density at radius 3 is 1.65 bits per heavy atom. The minimum atomic E-state index is -0.527. The molecule has 0 aromatic heterocycles. The van der Waals surface area contributed by atoms with Gasteiger partial charge in [0.1, 0.15) is 0 Å². The maximum atomic E-state index is 9.68. The smallest absolute Gasteiger partial charge is 0.154 e. The highest BCUT2D eigenvalue weighted by atomic mass is 16.6. The lowest BCUT2D eigenvalue weighted by molar-refractivity contribution is -0.105. The van der Waals surface area contributed by atoms with Crippen LogP contribution in [-0.4, -0.2) is 18.0 Å². The normalized spacial score (nSPS) is 12.8. The Kier molecular flexibility index (Phi) is 16.9. The third-order valence-electron chi connectivity index (χ3n) is 3.86. The Morgan fingerprint density at radius 2 is 1.10 bits per heavy atom. The third-order valence-corrected chi connectivity index (χ3v) is 3.86. The summed E-state index contributed by atoms with van der Waals surface area (Å²) < 4.78 is 5.45. The van der Waals surface area contributed by atoms with Crippen LogP contribution >= 0.6 is 0 Å². The molecule has 122 valence electrons. The first kappa shape index (κ1) is 19.9. The molecule has 0 saturated carbocycles. The molecule has 20 heavy (non-hydrogen) atoms. The predicted molar refractivity (Wildman–Crippen MR) is 87.9 cm³/mol. The molecule has 0 aliphatic carbocycles. The summed E-state index contributed by atoms with van der Waals surface area (Å²) in [5.74, 6) is 0. The van der Waals surface area contributed by atoms with E-state index in [1.54, 1.807) is 0 Å². The lowest BCUT2D eigenvalue weighted by Crippen LogP contribution is -2.12. The fourth-order valence-corrected chi connectivity index (χ4v) is 2.46. The molecule has 0 aliphatic rings. The van der Waals surface area contributed by atoms with E-state index >= 15 is 0 Å². The summed E-state index contributed by atoms with van der Waals surface area (Å²) in [4.78, 5) is 0. The molecular formula is C18H38O2. The zero-order chi connectivity index (χ0) is 14.9. The number of unbranched alkanes of at least 4 members (excludes halogenated alkanes) is 11. The number of aliphatic hydroxyl groups is 1. The second kappa shape index (κ2) is 17.0. The van der Waals surface area contributed by atoms with Crippen molar-refractivity contribution >= 4 is 0 Å². The molecule has 0 rings (SSSR count). The standard InChI is InChI=1S/C18H38O2/c1-3-5-7-9-10-11-13-15-17-20-18(19)16-14-12-8-6-4-2/h18-19H,3-17H2,1-2H3. The highest BCUT2D eigenvalue weighted by Gasteiger charge is 2.03. The molecule has 0 aromatic carbocycles. The maximum absolute atomic E-state index is 9.68. The summed E-state index contributed by atoms with van der Waals surface area (Å²) >= 11 is 0. The van der Waals surface area contributed by atoms with Crippen molar-refractivity contribution in [1.82, 2.24) is 0 Å². The van der Waals surface area contributed by atoms with E-state index < -0.39 is 6.29 Å². The Bertz CT molecular complexity index is 171. The summed E-state index contributed by atoms with van der Waals surface area (Å²) in [5.41, 5.74) is 0. The van der Waals surface area contributed by atoms with Crippen molar-refractivity contribution in [1.29, 1.82) is 0 Å². The average molecular weight is 286 g/mol. The topological polar surface area (TPSA) is 29.5 Å². The van der Waals surface area contributed by atoms with Crippen LogP contribution in [0.3, 0.4) is 0 Å². The van der Waals surface area contributed by atoms with Crippen LogP contribution in [0, 0.1) is 0 Å². The van der Waals surface area contributed by atoms with E-state index in [1.807, 2.05) is 0 Å². The van der Waals surface area contributed by atoms with E-state index in [9.17, 15) is 5.11 Å². The summed E-state index contributed by atoms with van der Waals surface area (Å²) in [5, 5.41) is 9.68. The summed E-state index contributed by atoms with van der Waals surface area (Å²) in [7, 11) is 0. The van der Waals surface area contributed by atoms with Gasteiger partial charge in [-0.3, -0.25) is 0 Å². The van der Waals surface area contributed by atoms with Crippen LogP contribution in [0.4, 0.5) is 0 Å². The van der Waals surface area contributed by atoms with Gasteiger partial charge in [0.15, 0.2) is 6.29 Å². The van der Waals surface area contributed by atoms with Gasteiger partial charge in [0, 0.05) is 6.61 Å². The van der Waals surface area contributed by atoms with Crippen molar-refractivity contribution in [3.63, 3.8) is 0 Å². The van der Waals surface area contributed by atoms with Crippen LogP contribution in [0.25, 0.3) is 0 Å². The van der Waals surface area contributed by atoms with Gasteiger partial charge >= 0.3 is 0 Å². The van der Waals surface area contributed by atoms with Crippen molar-refractivity contribution < 1.29 is 9.84 Å². The molecule has 2 nitrogen and oxygen atoms in total. The second-order valence-electron chi connectivity index (χ2n) is 6.00. The van der Waals surface area contributed by atoms with Crippen LogP contribution in [0.2, 0.25) is 0 Å². The molecule has 0 heterocycles. The lowest BCUT2D eigenvalue weighted by Gasteiger charge is -2.11. The zero-order valence-electron chi connectivity index (χ0n) is 14.0. The van der Waals surface area contributed by atoms with Crippen molar-refractivity contribution in [2.45, 2.75) is 110 Å². The molecule has 0 aromatic rings. The van der Waals surface area contributed by atoms with Crippen molar-refractivity contribution in [2.75, 3.05) is 6.61 Å². The minimum absolute atomic E-state index is 0.527. The molecule has 1 N–H and O–H groups in total. The molecule has 0 fully saturated rings. The van der Waals surface area contributed by atoms with E-state index in [0.29, 0.717) is 0 Å². The molecule has 0 amide bonds. The number of aliphatic hydroxyl groups excluding tert-OH is 1. The van der Waals surface area contributed by atoms with Crippen LogP contribution in [0.15, 0.2) is 0 Å². The average Bonchev–Trinajstić information content (AvgIpc) is 2.45. The molecule has 1 unspecified atom stereocenters. The quantitative estimate of drug-likeness (QED) is 0.286. The number of hydrogen-bond donors (Lipinski definition) is 1. The van der Waals surface area contributed by atoms with E-state index in [2.05, 4.69) is 13.8 Å². The molecule has 0 radical (unpaired) electrons. The summed E-state index contributed by atoms with van der Waals surface area (Å²) in [6.07, 6.45) is 17.0. The highest BCUT2D eigenvalue weighted by molar-refractivity contribution is 4.49. The maximum Gasteiger partial charge on any atom is 0.154 e. The molecule has 0 aliphatic heterocycles. The van der Waals surface area contributed by atoms with Gasteiger partial charge in [-0.05, 0) is 19.3 Å². The van der Waals surface area contributed by atoms with Crippen LogP contribution < -0.4 is 0 Å². The van der Waals surface area contributed by atoms with E-state index in [-0.39, 0.29) is 0 Å². The minimum Gasteiger partial charge on any atom is -0.368 e. The highest BCUT2D eigenvalue weighted by Crippen LogP contribution is 2.10. The Balaban J connectivity index is 3.09. The van der Waals surface area contributed by atoms with Gasteiger partial charge in [0.25, 0.3) is 0 Å². The van der Waals surface area contributed by atoms with E-state index in [1.165, 1.54) is 70.6 Å². The van der Waals surface area contributed by atoms with Gasteiger partial charge in [-0.15, -0.1) is 0 Å². The SMILES string of the molecule is CCCCCCCCCCOC(O)CCCCCCC. The van der Waals surface area contributed by atoms with Gasteiger partial charge in [0.2, 0.25) is 0 Å². The molecule has 1 atom stereocenters. The number of ether oxygens (including phenoxy) is 1. The van der Waals surface area contributed by atoms with Gasteiger partial charge < -0.3 is 9.84 Å². The summed E-state index contributed by atoms with van der Waals surface area (Å²) in [6, 6.07) is 0. The van der Waals surface area contributed by atoms with Crippen molar-refractivity contribution in [2.24, 2.45) is 0 Å². The zero-order valence-corrected chi connectivity index (χ0v) is 14.0. The van der Waals surface area contributed by atoms with Crippen LogP contribution in [0.5, 0.6) is 0 Å². The molecule has 2 heteroatoms. The summed E-state index contributed by atoms with van der Waals surface area (Å²) in [6.45, 7) is 5.21. The molecule has 0 bridgehead atoms. The van der Waals surface area contributed by atoms with Gasteiger partial charge in [-0.25, -0.2) is 0 Å². The Hall–Kier alpha value is -0.0800. The first-order chi connectivity index (χ1) is 9.81. The predicted octanol–water partition coefficient (Wildman–Crippen LogP) is 5.82. The third kappa shape index (κ3) is 16.0. The first-order valence-electron chi connectivity index (χ1n) is 9.11. The van der Waals surface area contributed by atoms with E-state index in [0.717, 1.165) is 25.9 Å². The lowest BCUT2D eigenvalue weighted by atomic mass is 10.1. The molecule has 0 spiro atoms. The Labute approximate surface area is 127 Å². The first-order valence-corrected chi connectivity index (χ1v) is 9.11. The monoisotopic (exact) mass is 286 g/mol. The molecular weight excluding hydrogens is 248 g/mol. The van der Waals surface area contributed by atoms with Crippen LogP contribution in [-0.2, 0) is 4.74 Å². The fourth-order valence-electron chi connectivity index (χ4n) is 2.46. The van der Waals surface area contributed by atoms with Gasteiger partial charge in [0.05, 0.1) is 0 Å². The largest absolute Gasteiger partial charge is 0.368 e. The van der Waals surface area contributed by atoms with Gasteiger partial charge in [-0.2, -0.15) is 0 Å². The van der Waals surface area contributed by atoms with Crippen molar-refractivity contribution in [3.8, 4) is 0 Å². The fraction of sp³-hybridized carbons (Fsp3) is 1.00. The van der Waals surface area contributed by atoms with Crippen molar-refractivity contribution in [3.05, 3.63) is 0 Å². The second-order valence-corrected chi connectivity index (χ2v) is 6.00. The Morgan fingerprint density at radius 1 is 0.650 bits per heavy atom. The van der Waals surface area contributed by atoms with Crippen LogP contribution in [0.1, 0.15) is 104 Å².